The van der Waals surface area contributed by atoms with E-state index < -0.39 is 23.8 Å². The molecular weight excluding hydrogens is 370 g/mol. The number of benzene rings is 2. The summed E-state index contributed by atoms with van der Waals surface area (Å²) in [6.45, 7) is 1.28. The number of carboxylic acid groups (broad SMARTS) is 1. The van der Waals surface area contributed by atoms with E-state index in [9.17, 15) is 19.5 Å². The van der Waals surface area contributed by atoms with Crippen molar-refractivity contribution in [3.63, 3.8) is 0 Å². The van der Waals surface area contributed by atoms with Crippen molar-refractivity contribution in [2.45, 2.75) is 19.4 Å². The number of para-hydroxylation sites is 1. The third kappa shape index (κ3) is 5.10. The maximum absolute atomic E-state index is 12.7. The molecule has 29 heavy (non-hydrogen) atoms. The van der Waals surface area contributed by atoms with Crippen LogP contribution in [0, 0.1) is 0 Å². The number of rotatable bonds is 7. The van der Waals surface area contributed by atoms with Gasteiger partial charge >= 0.3 is 5.97 Å². The summed E-state index contributed by atoms with van der Waals surface area (Å²) < 4.78 is 0. The van der Waals surface area contributed by atoms with Gasteiger partial charge < -0.3 is 20.7 Å². The van der Waals surface area contributed by atoms with E-state index in [0.29, 0.717) is 5.56 Å². The molecule has 0 spiro atoms. The fourth-order valence-electron chi connectivity index (χ4n) is 3.02. The number of carbonyl (C=O) groups is 3. The lowest BCUT2D eigenvalue weighted by molar-refractivity contribution is -0.141. The lowest BCUT2D eigenvalue weighted by atomic mass is 10.0. The highest BCUT2D eigenvalue weighted by Crippen LogP contribution is 2.19. The molecule has 1 atom stereocenters. The number of amides is 2. The number of aromatic nitrogens is 1. The van der Waals surface area contributed by atoms with Gasteiger partial charge in [0.05, 0.1) is 0 Å². The van der Waals surface area contributed by atoms with Crippen LogP contribution >= 0.6 is 0 Å². The van der Waals surface area contributed by atoms with Gasteiger partial charge in [-0.05, 0) is 23.3 Å². The fourth-order valence-corrected chi connectivity index (χ4v) is 3.02. The Morgan fingerprint density at radius 2 is 1.76 bits per heavy atom. The molecule has 0 aliphatic heterocycles. The zero-order chi connectivity index (χ0) is 20.8. The van der Waals surface area contributed by atoms with Crippen LogP contribution in [0.4, 0.5) is 0 Å². The quantitative estimate of drug-likeness (QED) is 0.464. The van der Waals surface area contributed by atoms with Crippen LogP contribution in [-0.2, 0) is 20.8 Å². The summed E-state index contributed by atoms with van der Waals surface area (Å²) in [4.78, 5) is 39.1. The number of fused-ring (bicyclic) bond motifs is 1. The smallest absolute Gasteiger partial charge is 0.326 e. The van der Waals surface area contributed by atoms with E-state index in [1.165, 1.54) is 13.0 Å². The van der Waals surface area contributed by atoms with Crippen LogP contribution in [0.3, 0.4) is 0 Å². The number of carboxylic acids is 1. The zero-order valence-electron chi connectivity index (χ0n) is 15.8. The van der Waals surface area contributed by atoms with Gasteiger partial charge in [-0.15, -0.1) is 0 Å². The Balaban J connectivity index is 1.82. The van der Waals surface area contributed by atoms with Crippen molar-refractivity contribution < 1.29 is 19.5 Å². The summed E-state index contributed by atoms with van der Waals surface area (Å²) in [5.41, 5.74) is 2.35. The van der Waals surface area contributed by atoms with Crippen molar-refractivity contribution >= 4 is 34.8 Å². The third-order valence-electron chi connectivity index (χ3n) is 4.37. The van der Waals surface area contributed by atoms with E-state index in [0.717, 1.165) is 16.5 Å². The fraction of sp³-hybridized carbons (Fsp3) is 0.136. The van der Waals surface area contributed by atoms with Crippen LogP contribution in [0.2, 0.25) is 0 Å². The van der Waals surface area contributed by atoms with Crippen LogP contribution in [-0.4, -0.2) is 33.9 Å². The summed E-state index contributed by atoms with van der Waals surface area (Å²) in [7, 11) is 0. The average Bonchev–Trinajstić information content (AvgIpc) is 3.10. The number of carbonyl (C=O) groups excluding carboxylic acids is 2. The molecule has 0 fully saturated rings. The Morgan fingerprint density at radius 1 is 1.07 bits per heavy atom. The minimum absolute atomic E-state index is 0.0196. The molecule has 0 saturated heterocycles. The average molecular weight is 391 g/mol. The standard InChI is InChI=1S/C22H21N3O4/c1-14(26)24-19(11-15-7-3-2-4-8-15)21(27)25-20(22(28)29)12-16-13-23-18-10-6-5-9-17(16)18/h2-11,13,20,23H,12H2,1H3,(H,24,26)(H,25,27)(H,28,29)/t20-/m0/s1. The summed E-state index contributed by atoms with van der Waals surface area (Å²) in [6.07, 6.45) is 3.34. The van der Waals surface area contributed by atoms with Crippen molar-refractivity contribution in [1.29, 1.82) is 0 Å². The topological polar surface area (TPSA) is 111 Å². The minimum Gasteiger partial charge on any atom is -0.480 e. The molecule has 0 aliphatic rings. The Morgan fingerprint density at radius 3 is 2.45 bits per heavy atom. The monoisotopic (exact) mass is 391 g/mol. The first-order valence-electron chi connectivity index (χ1n) is 9.07. The molecule has 0 aliphatic carbocycles. The summed E-state index contributed by atoms with van der Waals surface area (Å²) in [6, 6.07) is 15.3. The summed E-state index contributed by atoms with van der Waals surface area (Å²) >= 11 is 0. The largest absolute Gasteiger partial charge is 0.480 e. The first-order chi connectivity index (χ1) is 13.9. The normalized spacial score (nSPS) is 12.4. The van der Waals surface area contributed by atoms with Crippen LogP contribution in [0.25, 0.3) is 17.0 Å². The molecule has 7 nitrogen and oxygen atoms in total. The van der Waals surface area contributed by atoms with Crippen LogP contribution in [0.5, 0.6) is 0 Å². The molecule has 0 bridgehead atoms. The van der Waals surface area contributed by atoms with E-state index in [-0.39, 0.29) is 12.1 Å². The van der Waals surface area contributed by atoms with Crippen molar-refractivity contribution in [2.75, 3.05) is 0 Å². The van der Waals surface area contributed by atoms with Crippen LogP contribution < -0.4 is 10.6 Å². The molecule has 2 amide bonds. The number of H-pyrrole nitrogens is 1. The first-order valence-corrected chi connectivity index (χ1v) is 9.07. The Kier molecular flexibility index (Phi) is 6.09. The number of nitrogens with one attached hydrogen (secondary N) is 3. The van der Waals surface area contributed by atoms with Crippen molar-refractivity contribution in [1.82, 2.24) is 15.6 Å². The maximum atomic E-state index is 12.7. The van der Waals surface area contributed by atoms with Gasteiger partial charge in [-0.1, -0.05) is 48.5 Å². The van der Waals surface area contributed by atoms with Gasteiger partial charge in [0, 0.05) is 30.4 Å². The first kappa shape index (κ1) is 19.9. The molecule has 0 unspecified atom stereocenters. The molecule has 7 heteroatoms. The number of aromatic amines is 1. The molecule has 3 rings (SSSR count). The van der Waals surface area contributed by atoms with Gasteiger partial charge in [-0.25, -0.2) is 4.79 Å². The van der Waals surface area contributed by atoms with Crippen molar-refractivity contribution in [2.24, 2.45) is 0 Å². The molecule has 1 aromatic heterocycles. The van der Waals surface area contributed by atoms with Gasteiger partial charge in [0.2, 0.25) is 5.91 Å². The third-order valence-corrected chi connectivity index (χ3v) is 4.37. The van der Waals surface area contributed by atoms with E-state index >= 15 is 0 Å². The highest BCUT2D eigenvalue weighted by molar-refractivity contribution is 6.02. The van der Waals surface area contributed by atoms with Crippen LogP contribution in [0.15, 0.2) is 66.5 Å². The zero-order valence-corrected chi connectivity index (χ0v) is 15.8. The van der Waals surface area contributed by atoms with Crippen LogP contribution in [0.1, 0.15) is 18.1 Å². The van der Waals surface area contributed by atoms with Gasteiger partial charge in [0.25, 0.3) is 5.91 Å². The van der Waals surface area contributed by atoms with E-state index in [1.807, 2.05) is 30.3 Å². The number of hydrogen-bond donors (Lipinski definition) is 4. The Labute approximate surface area is 167 Å². The Hall–Kier alpha value is -3.87. The molecule has 2 aromatic carbocycles. The second kappa shape index (κ2) is 8.88. The van der Waals surface area contributed by atoms with Crippen molar-refractivity contribution in [3.05, 3.63) is 77.6 Å². The van der Waals surface area contributed by atoms with Gasteiger partial charge in [0.15, 0.2) is 0 Å². The van der Waals surface area contributed by atoms with Crippen molar-refractivity contribution in [3.8, 4) is 0 Å². The van der Waals surface area contributed by atoms with E-state index in [4.69, 9.17) is 0 Å². The van der Waals surface area contributed by atoms with Gasteiger partial charge in [-0.3, -0.25) is 9.59 Å². The van der Waals surface area contributed by atoms with Gasteiger partial charge in [-0.2, -0.15) is 0 Å². The minimum atomic E-state index is -1.16. The summed E-state index contributed by atoms with van der Waals surface area (Å²) in [5.74, 6) is -2.26. The lowest BCUT2D eigenvalue weighted by Gasteiger charge is -2.16. The van der Waals surface area contributed by atoms with E-state index in [2.05, 4.69) is 15.6 Å². The second-order valence-electron chi connectivity index (χ2n) is 6.58. The molecule has 3 aromatic rings. The highest BCUT2D eigenvalue weighted by atomic mass is 16.4. The molecule has 1 heterocycles. The van der Waals surface area contributed by atoms with E-state index in [1.54, 1.807) is 30.5 Å². The Bertz CT molecular complexity index is 1070. The van der Waals surface area contributed by atoms with Gasteiger partial charge in [0.1, 0.15) is 11.7 Å². The SMILES string of the molecule is CC(=O)NC(=Cc1ccccc1)C(=O)N[C@@H](Cc1c[nH]c2ccccc12)C(=O)O. The molecule has 0 saturated carbocycles. The summed E-state index contributed by atoms with van der Waals surface area (Å²) in [5, 5.41) is 15.5. The maximum Gasteiger partial charge on any atom is 0.326 e. The lowest BCUT2D eigenvalue weighted by Crippen LogP contribution is -2.45. The highest BCUT2D eigenvalue weighted by Gasteiger charge is 2.24. The molecule has 4 N–H and O–H groups in total. The molecule has 148 valence electrons. The predicted octanol–water partition coefficient (Wildman–Crippen LogP) is 2.46. The molecular formula is C22H21N3O4. The number of aliphatic carboxylic acids is 1. The number of hydrogen-bond acceptors (Lipinski definition) is 3. The second-order valence-corrected chi connectivity index (χ2v) is 6.58. The molecule has 0 radical (unpaired) electrons. The predicted molar refractivity (Wildman–Crippen MR) is 110 cm³/mol.